The van der Waals surface area contributed by atoms with Gasteiger partial charge in [0.1, 0.15) is 5.82 Å². The number of rotatable bonds is 4. The van der Waals surface area contributed by atoms with Crippen LogP contribution in [0.1, 0.15) is 18.1 Å². The third-order valence-electron chi connectivity index (χ3n) is 3.44. The highest BCUT2D eigenvalue weighted by atomic mass is 35.5. The van der Waals surface area contributed by atoms with E-state index in [1.54, 1.807) is 43.3 Å². The molecule has 0 aliphatic carbocycles. The van der Waals surface area contributed by atoms with Crippen molar-refractivity contribution in [3.63, 3.8) is 0 Å². The Balaban J connectivity index is 2.48. The lowest BCUT2D eigenvalue weighted by Gasteiger charge is -2.28. The van der Waals surface area contributed by atoms with Crippen LogP contribution < -0.4 is 5.32 Å². The van der Waals surface area contributed by atoms with Crippen LogP contribution in [0.3, 0.4) is 0 Å². The quantitative estimate of drug-likeness (QED) is 0.890. The SMILES string of the molecule is Cc1ccc(C(C)(Nc2ccccc2Cl)C(=O)O)cc1F. The van der Waals surface area contributed by atoms with Gasteiger partial charge in [0, 0.05) is 0 Å². The highest BCUT2D eigenvalue weighted by Gasteiger charge is 2.36. The number of carboxylic acids is 1. The third kappa shape index (κ3) is 3.00. The molecule has 0 aromatic heterocycles. The molecule has 0 radical (unpaired) electrons. The molecule has 2 N–H and O–H groups in total. The number of carboxylic acid groups (broad SMARTS) is 1. The van der Waals surface area contributed by atoms with E-state index in [9.17, 15) is 14.3 Å². The molecule has 110 valence electrons. The molecule has 21 heavy (non-hydrogen) atoms. The van der Waals surface area contributed by atoms with Gasteiger partial charge in [-0.1, -0.05) is 35.9 Å². The van der Waals surface area contributed by atoms with E-state index >= 15 is 0 Å². The van der Waals surface area contributed by atoms with E-state index in [1.165, 1.54) is 13.0 Å². The first-order chi connectivity index (χ1) is 9.84. The monoisotopic (exact) mass is 307 g/mol. The highest BCUT2D eigenvalue weighted by molar-refractivity contribution is 6.33. The van der Waals surface area contributed by atoms with Crippen LogP contribution in [0.2, 0.25) is 5.02 Å². The fourth-order valence-electron chi connectivity index (χ4n) is 1.98. The zero-order chi connectivity index (χ0) is 15.6. The van der Waals surface area contributed by atoms with Gasteiger partial charge in [0.05, 0.1) is 10.7 Å². The van der Waals surface area contributed by atoms with Gasteiger partial charge in [0.15, 0.2) is 5.54 Å². The molecule has 2 aromatic rings. The van der Waals surface area contributed by atoms with Crippen LogP contribution in [-0.2, 0) is 10.3 Å². The molecule has 0 heterocycles. The van der Waals surface area contributed by atoms with E-state index < -0.39 is 17.3 Å². The summed E-state index contributed by atoms with van der Waals surface area (Å²) in [5.41, 5.74) is -0.230. The maximum atomic E-state index is 13.7. The maximum absolute atomic E-state index is 13.7. The molecule has 0 saturated carbocycles. The van der Waals surface area contributed by atoms with Gasteiger partial charge in [-0.2, -0.15) is 0 Å². The van der Waals surface area contributed by atoms with E-state index in [4.69, 9.17) is 11.6 Å². The number of halogens is 2. The molecule has 2 aromatic carbocycles. The lowest BCUT2D eigenvalue weighted by Crippen LogP contribution is -2.40. The lowest BCUT2D eigenvalue weighted by molar-refractivity contribution is -0.142. The standard InChI is InChI=1S/C16H15ClFNO2/c1-10-7-8-11(9-13(10)18)16(2,15(20)21)19-14-6-4-3-5-12(14)17/h3-9,19H,1-2H3,(H,20,21). The Bertz CT molecular complexity index is 690. The highest BCUT2D eigenvalue weighted by Crippen LogP contribution is 2.31. The zero-order valence-corrected chi connectivity index (χ0v) is 12.4. The number of hydrogen-bond acceptors (Lipinski definition) is 2. The second-order valence-corrected chi connectivity index (χ2v) is 5.41. The number of carbonyl (C=O) groups is 1. The molecule has 2 rings (SSSR count). The summed E-state index contributed by atoms with van der Waals surface area (Å²) >= 11 is 6.05. The molecule has 0 saturated heterocycles. The number of hydrogen-bond donors (Lipinski definition) is 2. The van der Waals surface area contributed by atoms with Gasteiger partial charge in [-0.3, -0.25) is 0 Å². The Labute approximate surface area is 127 Å². The van der Waals surface area contributed by atoms with Gasteiger partial charge >= 0.3 is 5.97 Å². The van der Waals surface area contributed by atoms with Crippen molar-refractivity contribution in [1.29, 1.82) is 0 Å². The summed E-state index contributed by atoms with van der Waals surface area (Å²) in [6, 6.07) is 11.2. The van der Waals surface area contributed by atoms with E-state index in [0.29, 0.717) is 21.8 Å². The Morgan fingerprint density at radius 2 is 1.95 bits per heavy atom. The molecular weight excluding hydrogens is 293 g/mol. The molecule has 5 heteroatoms. The number of aliphatic carboxylic acids is 1. The molecule has 1 atom stereocenters. The van der Waals surface area contributed by atoms with Crippen molar-refractivity contribution in [1.82, 2.24) is 0 Å². The van der Waals surface area contributed by atoms with E-state index in [-0.39, 0.29) is 0 Å². The second-order valence-electron chi connectivity index (χ2n) is 5.00. The van der Waals surface area contributed by atoms with Crippen LogP contribution in [0, 0.1) is 12.7 Å². The number of para-hydroxylation sites is 1. The van der Waals surface area contributed by atoms with Crippen molar-refractivity contribution < 1.29 is 14.3 Å². The predicted molar refractivity (Wildman–Crippen MR) is 81.2 cm³/mol. The molecule has 0 amide bonds. The first-order valence-electron chi connectivity index (χ1n) is 6.37. The minimum absolute atomic E-state index is 0.318. The van der Waals surface area contributed by atoms with E-state index in [1.807, 2.05) is 0 Å². The summed E-state index contributed by atoms with van der Waals surface area (Å²) in [7, 11) is 0. The van der Waals surface area contributed by atoms with Gasteiger partial charge in [0.2, 0.25) is 0 Å². The molecule has 0 fully saturated rings. The first-order valence-corrected chi connectivity index (χ1v) is 6.75. The Hall–Kier alpha value is -2.07. The van der Waals surface area contributed by atoms with Gasteiger partial charge < -0.3 is 10.4 Å². The summed E-state index contributed by atoms with van der Waals surface area (Å²) in [5, 5.41) is 12.9. The summed E-state index contributed by atoms with van der Waals surface area (Å²) in [4.78, 5) is 11.7. The van der Waals surface area contributed by atoms with Gasteiger partial charge in [-0.25, -0.2) is 9.18 Å². The molecule has 0 spiro atoms. The fraction of sp³-hybridized carbons (Fsp3) is 0.188. The van der Waals surface area contributed by atoms with Gasteiger partial charge in [-0.15, -0.1) is 0 Å². The number of benzene rings is 2. The summed E-state index contributed by atoms with van der Waals surface area (Å²) in [6.45, 7) is 3.10. The minimum Gasteiger partial charge on any atom is -0.479 e. The molecule has 3 nitrogen and oxygen atoms in total. The van der Waals surface area contributed by atoms with E-state index in [2.05, 4.69) is 5.32 Å². The lowest BCUT2D eigenvalue weighted by atomic mass is 9.90. The number of aryl methyl sites for hydroxylation is 1. The summed E-state index contributed by atoms with van der Waals surface area (Å²) < 4.78 is 13.7. The molecular formula is C16H15ClFNO2. The fourth-order valence-corrected chi connectivity index (χ4v) is 2.17. The van der Waals surface area contributed by atoms with Crippen LogP contribution >= 0.6 is 11.6 Å². The van der Waals surface area contributed by atoms with Crippen LogP contribution in [0.5, 0.6) is 0 Å². The van der Waals surface area contributed by atoms with Gasteiger partial charge in [0.25, 0.3) is 0 Å². The van der Waals surface area contributed by atoms with Crippen LogP contribution in [-0.4, -0.2) is 11.1 Å². The second kappa shape index (κ2) is 5.74. The van der Waals surface area contributed by atoms with Crippen molar-refractivity contribution in [3.05, 3.63) is 64.4 Å². The van der Waals surface area contributed by atoms with Crippen LogP contribution in [0.4, 0.5) is 10.1 Å². The Morgan fingerprint density at radius 1 is 1.29 bits per heavy atom. The van der Waals surface area contributed by atoms with Crippen molar-refractivity contribution in [2.75, 3.05) is 5.32 Å². The minimum atomic E-state index is -1.49. The third-order valence-corrected chi connectivity index (χ3v) is 3.77. The maximum Gasteiger partial charge on any atom is 0.333 e. The first kappa shape index (κ1) is 15.3. The van der Waals surface area contributed by atoms with Crippen molar-refractivity contribution in [3.8, 4) is 0 Å². The predicted octanol–water partition coefficient (Wildman–Crippen LogP) is 4.20. The zero-order valence-electron chi connectivity index (χ0n) is 11.7. The topological polar surface area (TPSA) is 49.3 Å². The molecule has 0 aliphatic rings. The van der Waals surface area contributed by atoms with E-state index in [0.717, 1.165) is 0 Å². The summed E-state index contributed by atoms with van der Waals surface area (Å²) in [6.07, 6.45) is 0. The van der Waals surface area contributed by atoms with Crippen molar-refractivity contribution in [2.24, 2.45) is 0 Å². The summed E-state index contributed by atoms with van der Waals surface area (Å²) in [5.74, 6) is -1.56. The van der Waals surface area contributed by atoms with Gasteiger partial charge in [-0.05, 0) is 43.2 Å². The molecule has 1 unspecified atom stereocenters. The smallest absolute Gasteiger partial charge is 0.333 e. The number of nitrogens with one attached hydrogen (secondary N) is 1. The van der Waals surface area contributed by atoms with Crippen LogP contribution in [0.25, 0.3) is 0 Å². The Morgan fingerprint density at radius 3 is 2.52 bits per heavy atom. The van der Waals surface area contributed by atoms with Crippen LogP contribution in [0.15, 0.2) is 42.5 Å². The number of anilines is 1. The van der Waals surface area contributed by atoms with Crippen molar-refractivity contribution >= 4 is 23.3 Å². The largest absolute Gasteiger partial charge is 0.479 e. The molecule has 0 bridgehead atoms. The average molecular weight is 308 g/mol. The van der Waals surface area contributed by atoms with Crippen molar-refractivity contribution in [2.45, 2.75) is 19.4 Å². The average Bonchev–Trinajstić information content (AvgIpc) is 2.44. The Kier molecular flexibility index (Phi) is 4.19. The molecule has 0 aliphatic heterocycles. The normalized spacial score (nSPS) is 13.5.